The Morgan fingerprint density at radius 3 is 2.17 bits per heavy atom. The van der Waals surface area contributed by atoms with Crippen molar-refractivity contribution in [1.82, 2.24) is 10.2 Å². The summed E-state index contributed by atoms with van der Waals surface area (Å²) in [6.07, 6.45) is 5.88. The number of rotatable bonds is 12. The minimum Gasteiger partial charge on any atom is -0.497 e. The third kappa shape index (κ3) is 7.54. The number of methoxy groups -OCH3 is 3. The van der Waals surface area contributed by atoms with Crippen molar-refractivity contribution in [2.45, 2.75) is 64.1 Å². The lowest BCUT2D eigenvalue weighted by Gasteiger charge is -2.32. The summed E-state index contributed by atoms with van der Waals surface area (Å²) in [5.41, 5.74) is 0.870. The number of amides is 2. The van der Waals surface area contributed by atoms with Crippen LogP contribution in [0.25, 0.3) is 0 Å². The summed E-state index contributed by atoms with van der Waals surface area (Å²) in [4.78, 5) is 28.4. The third-order valence-corrected chi connectivity index (χ3v) is 6.51. The Hall–Kier alpha value is -3.42. The molecule has 1 atom stereocenters. The normalized spacial score (nSPS) is 14.4. The summed E-state index contributed by atoms with van der Waals surface area (Å²) in [5, 5.41) is 3.19. The first-order valence-corrected chi connectivity index (χ1v) is 12.6. The number of benzene rings is 2. The van der Waals surface area contributed by atoms with Gasteiger partial charge < -0.3 is 29.2 Å². The number of carbonyl (C=O) groups excluding carboxylic acids is 2. The lowest BCUT2D eigenvalue weighted by Crippen LogP contribution is -2.52. The second-order valence-electron chi connectivity index (χ2n) is 8.98. The summed E-state index contributed by atoms with van der Waals surface area (Å²) in [7, 11) is 4.71. The monoisotopic (exact) mass is 498 g/mol. The van der Waals surface area contributed by atoms with Gasteiger partial charge in [-0.05, 0) is 37.0 Å². The van der Waals surface area contributed by atoms with Gasteiger partial charge in [0.15, 0.2) is 6.61 Å². The molecule has 0 unspecified atom stereocenters. The highest BCUT2D eigenvalue weighted by molar-refractivity contribution is 5.88. The zero-order valence-corrected chi connectivity index (χ0v) is 21.7. The van der Waals surface area contributed by atoms with Gasteiger partial charge in [-0.1, -0.05) is 38.3 Å². The summed E-state index contributed by atoms with van der Waals surface area (Å²) < 4.78 is 21.8. The molecule has 196 valence electrons. The van der Waals surface area contributed by atoms with Gasteiger partial charge in [0.1, 0.15) is 29.0 Å². The zero-order chi connectivity index (χ0) is 25.9. The predicted molar refractivity (Wildman–Crippen MR) is 138 cm³/mol. The molecule has 0 aliphatic heterocycles. The highest BCUT2D eigenvalue weighted by Crippen LogP contribution is 2.28. The fourth-order valence-corrected chi connectivity index (χ4v) is 4.52. The minimum atomic E-state index is -0.617. The van der Waals surface area contributed by atoms with E-state index in [1.807, 2.05) is 31.2 Å². The van der Waals surface area contributed by atoms with E-state index in [0.717, 1.165) is 31.2 Å². The van der Waals surface area contributed by atoms with E-state index in [4.69, 9.17) is 18.9 Å². The van der Waals surface area contributed by atoms with Crippen LogP contribution < -0.4 is 24.3 Å². The van der Waals surface area contributed by atoms with E-state index in [2.05, 4.69) is 5.32 Å². The van der Waals surface area contributed by atoms with E-state index in [9.17, 15) is 9.59 Å². The second kappa shape index (κ2) is 13.6. The van der Waals surface area contributed by atoms with Crippen molar-refractivity contribution in [3.63, 3.8) is 0 Å². The van der Waals surface area contributed by atoms with Crippen LogP contribution in [0.3, 0.4) is 0 Å². The first kappa shape index (κ1) is 27.2. The van der Waals surface area contributed by atoms with Crippen molar-refractivity contribution in [3.05, 3.63) is 48.0 Å². The Morgan fingerprint density at radius 1 is 0.917 bits per heavy atom. The molecule has 0 heterocycles. The Bertz CT molecular complexity index is 983. The van der Waals surface area contributed by atoms with Gasteiger partial charge in [0.2, 0.25) is 5.91 Å². The summed E-state index contributed by atoms with van der Waals surface area (Å²) in [5.74, 6) is 1.85. The molecule has 36 heavy (non-hydrogen) atoms. The first-order chi connectivity index (χ1) is 17.5. The first-order valence-electron chi connectivity index (χ1n) is 12.6. The molecule has 8 heteroatoms. The fraction of sp³-hybridized carbons (Fsp3) is 0.500. The third-order valence-electron chi connectivity index (χ3n) is 6.51. The maximum atomic E-state index is 13.5. The molecular weight excluding hydrogens is 460 g/mol. The van der Waals surface area contributed by atoms with E-state index in [0.29, 0.717) is 29.4 Å². The Morgan fingerprint density at radius 2 is 1.56 bits per heavy atom. The van der Waals surface area contributed by atoms with Gasteiger partial charge in [-0.15, -0.1) is 0 Å². The number of carbonyl (C=O) groups is 2. The van der Waals surface area contributed by atoms with Gasteiger partial charge >= 0.3 is 0 Å². The van der Waals surface area contributed by atoms with E-state index in [1.54, 1.807) is 44.4 Å². The van der Waals surface area contributed by atoms with E-state index < -0.39 is 6.04 Å². The molecule has 8 nitrogen and oxygen atoms in total. The molecule has 3 rings (SSSR count). The summed E-state index contributed by atoms with van der Waals surface area (Å²) >= 11 is 0. The highest BCUT2D eigenvalue weighted by atomic mass is 16.5. The molecule has 1 fully saturated rings. The Kier molecular flexibility index (Phi) is 10.3. The maximum Gasteiger partial charge on any atom is 0.261 e. The van der Waals surface area contributed by atoms with Crippen molar-refractivity contribution in [2.75, 3.05) is 27.9 Å². The Balaban J connectivity index is 1.79. The molecule has 0 bridgehead atoms. The quantitative estimate of drug-likeness (QED) is 0.468. The molecule has 1 aliphatic carbocycles. The molecule has 1 saturated carbocycles. The zero-order valence-electron chi connectivity index (χ0n) is 21.7. The molecule has 0 radical (unpaired) electrons. The van der Waals surface area contributed by atoms with Crippen LogP contribution in [-0.4, -0.2) is 56.7 Å². The van der Waals surface area contributed by atoms with Crippen LogP contribution in [0, 0.1) is 0 Å². The van der Waals surface area contributed by atoms with Crippen LogP contribution in [0.4, 0.5) is 0 Å². The van der Waals surface area contributed by atoms with Crippen LogP contribution in [-0.2, 0) is 16.1 Å². The molecule has 1 aliphatic rings. The van der Waals surface area contributed by atoms with Crippen LogP contribution in [0.1, 0.15) is 51.0 Å². The van der Waals surface area contributed by atoms with Crippen molar-refractivity contribution < 1.29 is 28.5 Å². The van der Waals surface area contributed by atoms with Crippen LogP contribution >= 0.6 is 0 Å². The molecule has 2 amide bonds. The molecule has 0 aromatic heterocycles. The van der Waals surface area contributed by atoms with Gasteiger partial charge in [0.05, 0.1) is 21.3 Å². The lowest BCUT2D eigenvalue weighted by atomic mass is 9.95. The molecule has 2 aromatic rings. The van der Waals surface area contributed by atoms with E-state index in [-0.39, 0.29) is 31.0 Å². The summed E-state index contributed by atoms with van der Waals surface area (Å²) in [6.45, 7) is 1.95. The molecule has 0 saturated heterocycles. The van der Waals surface area contributed by atoms with Gasteiger partial charge in [0, 0.05) is 30.8 Å². The van der Waals surface area contributed by atoms with Crippen LogP contribution in [0.15, 0.2) is 42.5 Å². The molecular formula is C28H38N2O6. The van der Waals surface area contributed by atoms with E-state index in [1.165, 1.54) is 6.42 Å². The molecule has 2 aromatic carbocycles. The van der Waals surface area contributed by atoms with Crippen molar-refractivity contribution in [1.29, 1.82) is 0 Å². The van der Waals surface area contributed by atoms with Crippen LogP contribution in [0.2, 0.25) is 0 Å². The highest BCUT2D eigenvalue weighted by Gasteiger charge is 2.30. The number of nitrogens with one attached hydrogen (secondary N) is 1. The van der Waals surface area contributed by atoms with Crippen molar-refractivity contribution in [2.24, 2.45) is 0 Å². The average molecular weight is 499 g/mol. The largest absolute Gasteiger partial charge is 0.497 e. The number of hydrogen-bond acceptors (Lipinski definition) is 6. The number of nitrogens with zero attached hydrogens (tertiary/aromatic N) is 1. The smallest absolute Gasteiger partial charge is 0.261 e. The molecule has 0 spiro atoms. The SMILES string of the molecule is CC[C@@H](C(=O)NC1CCCCC1)N(Cc1cccc(OC)c1)C(=O)COc1cc(OC)cc(OC)c1. The number of hydrogen-bond donors (Lipinski definition) is 1. The standard InChI is InChI=1S/C28H38N2O6/c1-5-26(28(32)29-21-11-7-6-8-12-21)30(18-20-10-9-13-22(14-20)33-2)27(31)19-36-25-16-23(34-3)15-24(17-25)35-4/h9-10,13-17,21,26H,5-8,11-12,18-19H2,1-4H3,(H,29,32)/t26-/m0/s1. The number of ether oxygens (including phenoxy) is 4. The molecule has 1 N–H and O–H groups in total. The maximum absolute atomic E-state index is 13.5. The topological polar surface area (TPSA) is 86.3 Å². The van der Waals surface area contributed by atoms with Crippen LogP contribution in [0.5, 0.6) is 23.0 Å². The van der Waals surface area contributed by atoms with Gasteiger partial charge in [-0.25, -0.2) is 0 Å². The van der Waals surface area contributed by atoms with Gasteiger partial charge in [-0.2, -0.15) is 0 Å². The van der Waals surface area contributed by atoms with E-state index >= 15 is 0 Å². The average Bonchev–Trinajstić information content (AvgIpc) is 2.91. The summed E-state index contributed by atoms with van der Waals surface area (Å²) in [6, 6.07) is 12.2. The van der Waals surface area contributed by atoms with Crippen molar-refractivity contribution in [3.8, 4) is 23.0 Å². The second-order valence-corrected chi connectivity index (χ2v) is 8.98. The van der Waals surface area contributed by atoms with Gasteiger partial charge in [-0.3, -0.25) is 9.59 Å². The van der Waals surface area contributed by atoms with Gasteiger partial charge in [0.25, 0.3) is 5.91 Å². The Labute approximate surface area is 213 Å². The van der Waals surface area contributed by atoms with Crippen molar-refractivity contribution >= 4 is 11.8 Å². The lowest BCUT2D eigenvalue weighted by molar-refractivity contribution is -0.143. The minimum absolute atomic E-state index is 0.122. The predicted octanol–water partition coefficient (Wildman–Crippen LogP) is 4.35. The fourth-order valence-electron chi connectivity index (χ4n) is 4.52.